The largest absolute Gasteiger partial charge is 0.309 e. The maximum absolute atomic E-state index is 2.50. The molecule has 13 aromatic carbocycles. The van der Waals surface area contributed by atoms with Crippen LogP contribution in [0.1, 0.15) is 11.1 Å². The van der Waals surface area contributed by atoms with Crippen LogP contribution in [0.3, 0.4) is 0 Å². The highest BCUT2D eigenvalue weighted by atomic mass is 15.1. The van der Waals surface area contributed by atoms with E-state index in [4.69, 9.17) is 0 Å². The fourth-order valence-electron chi connectivity index (χ4n) is 10.8. The SMILES string of the molecule is C(=C\c1cccc(-c2c3ccccc3c(N(c3ccccc3)c3ccc4c(-c5ccc6ccccc6c5)c5ccccc5c(-c5ccc6ccccc6c5)c4c3)c3ccccc23)c1)/c1ccccc1. The number of hydrogen-bond acceptors (Lipinski definition) is 1. The Morgan fingerprint density at radius 1 is 0.232 bits per heavy atom. The van der Waals surface area contributed by atoms with Crippen LogP contribution < -0.4 is 4.90 Å². The van der Waals surface area contributed by atoms with Gasteiger partial charge in [-0.25, -0.2) is 0 Å². The van der Waals surface area contributed by atoms with E-state index in [0.29, 0.717) is 0 Å². The van der Waals surface area contributed by atoms with E-state index in [1.54, 1.807) is 0 Å². The molecule has 0 atom stereocenters. The van der Waals surface area contributed by atoms with E-state index in [-0.39, 0.29) is 0 Å². The molecule has 322 valence electrons. The highest BCUT2D eigenvalue weighted by Crippen LogP contribution is 2.51. The van der Waals surface area contributed by atoms with Crippen molar-refractivity contribution in [2.24, 2.45) is 0 Å². The zero-order valence-corrected chi connectivity index (χ0v) is 37.9. The smallest absolute Gasteiger partial charge is 0.0618 e. The van der Waals surface area contributed by atoms with Crippen molar-refractivity contribution in [1.29, 1.82) is 0 Å². The number of benzene rings is 13. The summed E-state index contributed by atoms with van der Waals surface area (Å²) in [7, 11) is 0. The molecule has 0 fully saturated rings. The van der Waals surface area contributed by atoms with Crippen molar-refractivity contribution < 1.29 is 0 Å². The van der Waals surface area contributed by atoms with Crippen molar-refractivity contribution in [3.8, 4) is 33.4 Å². The second-order valence-electron chi connectivity index (χ2n) is 18.0. The lowest BCUT2D eigenvalue weighted by molar-refractivity contribution is 1.32. The average molecular weight is 876 g/mol. The molecule has 0 N–H and O–H groups in total. The van der Waals surface area contributed by atoms with Gasteiger partial charge in [0.25, 0.3) is 0 Å². The molecule has 0 saturated carbocycles. The maximum atomic E-state index is 2.50. The highest BCUT2D eigenvalue weighted by Gasteiger charge is 2.24. The Morgan fingerprint density at radius 3 is 1.23 bits per heavy atom. The Kier molecular flexibility index (Phi) is 9.91. The van der Waals surface area contributed by atoms with Gasteiger partial charge in [0.15, 0.2) is 0 Å². The molecule has 0 amide bonds. The third kappa shape index (κ3) is 7.12. The molecular formula is C68H45N. The lowest BCUT2D eigenvalue weighted by Crippen LogP contribution is -2.11. The lowest BCUT2D eigenvalue weighted by atomic mass is 9.84. The first-order chi connectivity index (χ1) is 34.2. The fraction of sp³-hybridized carbons (Fsp3) is 0. The molecule has 0 spiro atoms. The summed E-state index contributed by atoms with van der Waals surface area (Å²) in [6.07, 6.45) is 4.41. The van der Waals surface area contributed by atoms with Crippen molar-refractivity contribution >= 4 is 93.8 Å². The minimum absolute atomic E-state index is 1.09. The van der Waals surface area contributed by atoms with Crippen LogP contribution in [0.15, 0.2) is 261 Å². The van der Waals surface area contributed by atoms with E-state index in [9.17, 15) is 0 Å². The Balaban J connectivity index is 1.09. The molecule has 0 heterocycles. The van der Waals surface area contributed by atoms with Crippen molar-refractivity contribution in [3.63, 3.8) is 0 Å². The maximum Gasteiger partial charge on any atom is 0.0618 e. The molecule has 0 unspecified atom stereocenters. The highest BCUT2D eigenvalue weighted by molar-refractivity contribution is 6.25. The van der Waals surface area contributed by atoms with Gasteiger partial charge in [-0.2, -0.15) is 0 Å². The summed E-state index contributed by atoms with van der Waals surface area (Å²) in [5.41, 5.74) is 13.0. The zero-order valence-electron chi connectivity index (χ0n) is 37.9. The normalized spacial score (nSPS) is 11.7. The minimum Gasteiger partial charge on any atom is -0.309 e. The van der Waals surface area contributed by atoms with Gasteiger partial charge in [-0.15, -0.1) is 0 Å². The van der Waals surface area contributed by atoms with Crippen molar-refractivity contribution in [3.05, 3.63) is 272 Å². The number of fused-ring (bicyclic) bond motifs is 6. The van der Waals surface area contributed by atoms with Crippen LogP contribution in [-0.2, 0) is 0 Å². The number of rotatable bonds is 8. The summed E-state index contributed by atoms with van der Waals surface area (Å²) in [4.78, 5) is 2.50. The lowest BCUT2D eigenvalue weighted by Gasteiger charge is -2.30. The van der Waals surface area contributed by atoms with Crippen LogP contribution in [0.25, 0.3) is 110 Å². The molecule has 0 aliphatic heterocycles. The molecule has 69 heavy (non-hydrogen) atoms. The van der Waals surface area contributed by atoms with Crippen LogP contribution in [0.4, 0.5) is 17.1 Å². The van der Waals surface area contributed by atoms with Gasteiger partial charge in [0.05, 0.1) is 5.69 Å². The molecule has 0 aliphatic rings. The number of para-hydroxylation sites is 1. The molecule has 1 nitrogen and oxygen atoms in total. The van der Waals surface area contributed by atoms with Gasteiger partial charge >= 0.3 is 0 Å². The first-order valence-electron chi connectivity index (χ1n) is 23.8. The van der Waals surface area contributed by atoms with Crippen molar-refractivity contribution in [1.82, 2.24) is 0 Å². The van der Waals surface area contributed by atoms with Gasteiger partial charge in [0.1, 0.15) is 0 Å². The molecule has 0 radical (unpaired) electrons. The molecule has 1 heteroatoms. The number of anilines is 3. The molecule has 13 rings (SSSR count). The standard InChI is InChI=1S/C68H45N/c1-3-18-46(19-4-1)34-35-47-20-17-25-52(42-47)65-59-30-13-15-32-62(59)68(63-33-16-14-31-60(63)65)69(55-26-5-2-6-27-55)56-40-41-61-64(45-56)67(54-39-37-49-22-8-10-24-51(49)44-54)58-29-12-11-28-57(58)66(61)53-38-36-48-21-7-9-23-50(48)43-53/h1-45H/b35-34+. The van der Waals surface area contributed by atoms with Crippen molar-refractivity contribution in [2.75, 3.05) is 4.90 Å². The second kappa shape index (κ2) is 17.0. The summed E-state index contributed by atoms with van der Waals surface area (Å²) in [6.45, 7) is 0. The van der Waals surface area contributed by atoms with E-state index in [1.807, 2.05) is 0 Å². The van der Waals surface area contributed by atoms with E-state index < -0.39 is 0 Å². The summed E-state index contributed by atoms with van der Waals surface area (Å²) < 4.78 is 0. The van der Waals surface area contributed by atoms with Gasteiger partial charge in [-0.1, -0.05) is 231 Å². The molecule has 0 saturated heterocycles. The second-order valence-corrected chi connectivity index (χ2v) is 18.0. The number of hydrogen-bond donors (Lipinski definition) is 0. The monoisotopic (exact) mass is 875 g/mol. The third-order valence-electron chi connectivity index (χ3n) is 13.9. The minimum atomic E-state index is 1.09. The fourth-order valence-corrected chi connectivity index (χ4v) is 10.8. The Morgan fingerprint density at radius 2 is 0.652 bits per heavy atom. The van der Waals surface area contributed by atoms with E-state index in [1.165, 1.54) is 104 Å². The first kappa shape index (κ1) is 40.3. The van der Waals surface area contributed by atoms with Crippen LogP contribution in [0.5, 0.6) is 0 Å². The van der Waals surface area contributed by atoms with Crippen LogP contribution >= 0.6 is 0 Å². The summed E-state index contributed by atoms with van der Waals surface area (Å²) in [5, 5.41) is 14.6. The Labute approximate surface area is 402 Å². The van der Waals surface area contributed by atoms with E-state index in [2.05, 4.69) is 278 Å². The summed E-state index contributed by atoms with van der Waals surface area (Å²) in [5.74, 6) is 0. The van der Waals surface area contributed by atoms with Crippen molar-refractivity contribution in [2.45, 2.75) is 0 Å². The Hall–Kier alpha value is -9.04. The van der Waals surface area contributed by atoms with Crippen LogP contribution in [-0.4, -0.2) is 0 Å². The molecule has 13 aromatic rings. The van der Waals surface area contributed by atoms with Gasteiger partial charge in [-0.05, 0) is 141 Å². The van der Waals surface area contributed by atoms with Gasteiger partial charge < -0.3 is 4.90 Å². The quantitative estimate of drug-likeness (QED) is 0.109. The first-order valence-corrected chi connectivity index (χ1v) is 23.8. The zero-order chi connectivity index (χ0) is 45.7. The summed E-state index contributed by atoms with van der Waals surface area (Å²) >= 11 is 0. The Bertz CT molecular complexity index is 4070. The van der Waals surface area contributed by atoms with Crippen LogP contribution in [0, 0.1) is 0 Å². The van der Waals surface area contributed by atoms with Gasteiger partial charge in [-0.3, -0.25) is 0 Å². The number of nitrogens with zero attached hydrogens (tertiary/aromatic N) is 1. The summed E-state index contributed by atoms with van der Waals surface area (Å²) in [6, 6.07) is 95.8. The predicted octanol–water partition coefficient (Wildman–Crippen LogP) is 19.2. The molecule has 0 aromatic heterocycles. The van der Waals surface area contributed by atoms with Gasteiger partial charge in [0, 0.05) is 22.1 Å². The molecule has 0 aliphatic carbocycles. The average Bonchev–Trinajstić information content (AvgIpc) is 3.42. The van der Waals surface area contributed by atoms with E-state index in [0.717, 1.165) is 22.6 Å². The van der Waals surface area contributed by atoms with Crippen LogP contribution in [0.2, 0.25) is 0 Å². The molecular weight excluding hydrogens is 831 g/mol. The predicted molar refractivity (Wildman–Crippen MR) is 298 cm³/mol. The molecule has 0 bridgehead atoms. The third-order valence-corrected chi connectivity index (χ3v) is 13.9. The van der Waals surface area contributed by atoms with Gasteiger partial charge in [0.2, 0.25) is 0 Å². The van der Waals surface area contributed by atoms with E-state index >= 15 is 0 Å². The topological polar surface area (TPSA) is 3.24 Å².